The second-order valence-corrected chi connectivity index (χ2v) is 6.24. The van der Waals surface area contributed by atoms with Crippen molar-refractivity contribution in [1.29, 1.82) is 0 Å². The Bertz CT molecular complexity index is 648. The topological polar surface area (TPSA) is 88.5 Å². The number of aromatic nitrogens is 5. The third kappa shape index (κ3) is 4.33. The minimum Gasteiger partial charge on any atom is -0.355 e. The molecular weight excluding hydrogens is 300 g/mol. The second kappa shape index (κ2) is 7.44. The third-order valence-corrected chi connectivity index (χ3v) is 4.34. The molecule has 8 heteroatoms. The number of carbonyl (C=O) groups excluding carboxylic acids is 1. The Hall–Kier alpha value is -1.83. The van der Waals surface area contributed by atoms with Crippen LogP contribution in [0.2, 0.25) is 0 Å². The minimum absolute atomic E-state index is 0.0643. The first kappa shape index (κ1) is 16.5. The third-order valence-electron chi connectivity index (χ3n) is 3.49. The molecule has 0 aliphatic heterocycles. The van der Waals surface area contributed by atoms with Crippen LogP contribution in [0.25, 0.3) is 0 Å². The maximum absolute atomic E-state index is 11.9. The van der Waals surface area contributed by atoms with Gasteiger partial charge < -0.3 is 5.32 Å². The van der Waals surface area contributed by atoms with Crippen LogP contribution in [-0.2, 0) is 18.3 Å². The minimum atomic E-state index is 0.0643. The summed E-state index contributed by atoms with van der Waals surface area (Å²) in [5, 5.41) is 14.8. The van der Waals surface area contributed by atoms with E-state index >= 15 is 0 Å². The monoisotopic (exact) mass is 322 g/mol. The van der Waals surface area contributed by atoms with Crippen LogP contribution in [0.4, 0.5) is 0 Å². The van der Waals surface area contributed by atoms with E-state index < -0.39 is 0 Å². The molecule has 1 amide bonds. The highest BCUT2D eigenvalue weighted by molar-refractivity contribution is 7.99. The SMILES string of the molecule is Cc1nc(SCCNC(=O)CCc2c(C)nn(C)c2C)n[nH]1. The van der Waals surface area contributed by atoms with Crippen LogP contribution in [0.1, 0.15) is 29.2 Å². The van der Waals surface area contributed by atoms with Crippen molar-refractivity contribution in [1.82, 2.24) is 30.3 Å². The van der Waals surface area contributed by atoms with E-state index in [1.807, 2.05) is 32.5 Å². The van der Waals surface area contributed by atoms with Gasteiger partial charge in [0.15, 0.2) is 0 Å². The molecule has 2 heterocycles. The van der Waals surface area contributed by atoms with Crippen molar-refractivity contribution in [2.75, 3.05) is 12.3 Å². The lowest BCUT2D eigenvalue weighted by Gasteiger charge is -2.05. The van der Waals surface area contributed by atoms with Gasteiger partial charge in [-0.05, 0) is 32.8 Å². The normalized spacial score (nSPS) is 10.9. The van der Waals surface area contributed by atoms with Crippen LogP contribution >= 0.6 is 11.8 Å². The highest BCUT2D eigenvalue weighted by Gasteiger charge is 2.11. The molecule has 0 fully saturated rings. The summed E-state index contributed by atoms with van der Waals surface area (Å²) in [6, 6.07) is 0. The molecule has 2 N–H and O–H groups in total. The Morgan fingerprint density at radius 3 is 2.73 bits per heavy atom. The van der Waals surface area contributed by atoms with Gasteiger partial charge in [-0.3, -0.25) is 14.6 Å². The highest BCUT2D eigenvalue weighted by atomic mass is 32.2. The number of hydrogen-bond acceptors (Lipinski definition) is 5. The van der Waals surface area contributed by atoms with E-state index in [-0.39, 0.29) is 5.91 Å². The van der Waals surface area contributed by atoms with Gasteiger partial charge >= 0.3 is 0 Å². The number of rotatable bonds is 7. The molecular formula is C14H22N6OS. The van der Waals surface area contributed by atoms with E-state index in [1.165, 1.54) is 17.3 Å². The molecule has 0 atom stereocenters. The van der Waals surface area contributed by atoms with Crippen molar-refractivity contribution in [3.63, 3.8) is 0 Å². The average Bonchev–Trinajstić information content (AvgIpc) is 2.98. The van der Waals surface area contributed by atoms with Crippen LogP contribution in [0.5, 0.6) is 0 Å². The number of thioether (sulfide) groups is 1. The first-order valence-corrected chi connectivity index (χ1v) is 8.23. The van der Waals surface area contributed by atoms with Gasteiger partial charge in [0.25, 0.3) is 0 Å². The fraction of sp³-hybridized carbons (Fsp3) is 0.571. The van der Waals surface area contributed by atoms with E-state index in [9.17, 15) is 4.79 Å². The molecule has 0 radical (unpaired) electrons. The fourth-order valence-electron chi connectivity index (χ4n) is 2.23. The van der Waals surface area contributed by atoms with Gasteiger partial charge in [-0.2, -0.15) is 5.10 Å². The first-order chi connectivity index (χ1) is 10.5. The Morgan fingerprint density at radius 2 is 2.14 bits per heavy atom. The molecule has 7 nitrogen and oxygen atoms in total. The van der Waals surface area contributed by atoms with Gasteiger partial charge in [-0.15, -0.1) is 5.10 Å². The first-order valence-electron chi connectivity index (χ1n) is 7.25. The average molecular weight is 322 g/mol. The fourth-order valence-corrected chi connectivity index (χ4v) is 2.92. The van der Waals surface area contributed by atoms with Crippen LogP contribution in [0, 0.1) is 20.8 Å². The Morgan fingerprint density at radius 1 is 1.36 bits per heavy atom. The molecule has 0 unspecified atom stereocenters. The van der Waals surface area contributed by atoms with Gasteiger partial charge in [0, 0.05) is 31.5 Å². The predicted octanol–water partition coefficient (Wildman–Crippen LogP) is 1.30. The quantitative estimate of drug-likeness (QED) is 0.592. The Kier molecular flexibility index (Phi) is 5.59. The summed E-state index contributed by atoms with van der Waals surface area (Å²) in [6.45, 7) is 6.49. The number of nitrogens with zero attached hydrogens (tertiary/aromatic N) is 4. The number of carbonyl (C=O) groups is 1. The van der Waals surface area contributed by atoms with Crippen molar-refractivity contribution in [2.45, 2.75) is 38.8 Å². The Balaban J connectivity index is 1.67. The van der Waals surface area contributed by atoms with Gasteiger partial charge in [0.05, 0.1) is 5.69 Å². The molecule has 0 saturated heterocycles. The maximum atomic E-state index is 11.9. The standard InChI is InChI=1S/C14H22N6OS/c1-9-12(10(2)20(4)19-9)5-6-13(21)15-7-8-22-14-16-11(3)17-18-14/h5-8H2,1-4H3,(H,15,21)(H,16,17,18). The van der Waals surface area contributed by atoms with E-state index in [0.717, 1.165) is 29.4 Å². The summed E-state index contributed by atoms with van der Waals surface area (Å²) < 4.78 is 1.86. The van der Waals surface area contributed by atoms with Gasteiger partial charge in [0.2, 0.25) is 11.1 Å². The molecule has 2 rings (SSSR count). The molecule has 0 aliphatic rings. The van der Waals surface area contributed by atoms with Crippen molar-refractivity contribution in [3.8, 4) is 0 Å². The molecule has 0 aliphatic carbocycles. The summed E-state index contributed by atoms with van der Waals surface area (Å²) in [5.41, 5.74) is 3.30. The van der Waals surface area contributed by atoms with Gasteiger partial charge in [-0.1, -0.05) is 11.8 Å². The zero-order valence-electron chi connectivity index (χ0n) is 13.4. The summed E-state index contributed by atoms with van der Waals surface area (Å²) in [6.07, 6.45) is 1.21. The summed E-state index contributed by atoms with van der Waals surface area (Å²) in [5.74, 6) is 1.62. The summed E-state index contributed by atoms with van der Waals surface area (Å²) in [7, 11) is 1.92. The number of nitrogens with one attached hydrogen (secondary N) is 2. The zero-order valence-corrected chi connectivity index (χ0v) is 14.3. The second-order valence-electron chi connectivity index (χ2n) is 5.17. The lowest BCUT2D eigenvalue weighted by atomic mass is 10.1. The number of hydrogen-bond donors (Lipinski definition) is 2. The zero-order chi connectivity index (χ0) is 16.1. The van der Waals surface area contributed by atoms with Crippen LogP contribution in [0.15, 0.2) is 5.16 Å². The summed E-state index contributed by atoms with van der Waals surface area (Å²) in [4.78, 5) is 16.1. The van der Waals surface area contributed by atoms with E-state index in [1.54, 1.807) is 0 Å². The number of aryl methyl sites for hydroxylation is 3. The molecule has 0 bridgehead atoms. The largest absolute Gasteiger partial charge is 0.355 e. The number of amides is 1. The molecule has 2 aromatic rings. The predicted molar refractivity (Wildman–Crippen MR) is 85.9 cm³/mol. The molecule has 0 saturated carbocycles. The van der Waals surface area contributed by atoms with Gasteiger partial charge in [0.1, 0.15) is 5.82 Å². The summed E-state index contributed by atoms with van der Waals surface area (Å²) >= 11 is 1.52. The van der Waals surface area contributed by atoms with Crippen molar-refractivity contribution < 1.29 is 4.79 Å². The van der Waals surface area contributed by atoms with Crippen LogP contribution in [-0.4, -0.2) is 43.2 Å². The van der Waals surface area contributed by atoms with Crippen LogP contribution in [0.3, 0.4) is 0 Å². The van der Waals surface area contributed by atoms with Crippen molar-refractivity contribution in [3.05, 3.63) is 22.8 Å². The maximum Gasteiger partial charge on any atom is 0.220 e. The molecule has 22 heavy (non-hydrogen) atoms. The smallest absolute Gasteiger partial charge is 0.220 e. The van der Waals surface area contributed by atoms with Crippen LogP contribution < -0.4 is 5.32 Å². The molecule has 120 valence electrons. The Labute approximate surface area is 134 Å². The van der Waals surface area contributed by atoms with E-state index in [0.29, 0.717) is 18.1 Å². The van der Waals surface area contributed by atoms with E-state index in [2.05, 4.69) is 25.6 Å². The number of H-pyrrole nitrogens is 1. The van der Waals surface area contributed by atoms with Crippen molar-refractivity contribution in [2.24, 2.45) is 7.05 Å². The van der Waals surface area contributed by atoms with Gasteiger partial charge in [-0.25, -0.2) is 4.98 Å². The molecule has 2 aromatic heterocycles. The lowest BCUT2D eigenvalue weighted by Crippen LogP contribution is -2.26. The highest BCUT2D eigenvalue weighted by Crippen LogP contribution is 2.14. The number of aromatic amines is 1. The van der Waals surface area contributed by atoms with Crippen molar-refractivity contribution >= 4 is 17.7 Å². The molecule has 0 spiro atoms. The lowest BCUT2D eigenvalue weighted by molar-refractivity contribution is -0.120. The van der Waals surface area contributed by atoms with E-state index in [4.69, 9.17) is 0 Å². The molecule has 0 aromatic carbocycles.